The van der Waals surface area contributed by atoms with Crippen LogP contribution in [0.5, 0.6) is 0 Å². The van der Waals surface area contributed by atoms with E-state index in [1.54, 1.807) is 10.5 Å². The summed E-state index contributed by atoms with van der Waals surface area (Å²) in [5.41, 5.74) is 7.11. The van der Waals surface area contributed by atoms with Gasteiger partial charge in [0.05, 0.1) is 0 Å². The molecule has 0 saturated heterocycles. The molecule has 1 atom stereocenters. The third-order valence-electron chi connectivity index (χ3n) is 2.63. The van der Waals surface area contributed by atoms with Crippen molar-refractivity contribution in [2.45, 2.75) is 12.8 Å². The molecule has 2 heterocycles. The lowest BCUT2D eigenvalue weighted by atomic mass is 10.0. The number of fused-ring (bicyclic) bond motifs is 1. The quantitative estimate of drug-likeness (QED) is 0.624. The van der Waals surface area contributed by atoms with E-state index in [-0.39, 0.29) is 11.7 Å². The second-order valence-electron chi connectivity index (χ2n) is 3.72. The lowest BCUT2D eigenvalue weighted by Gasteiger charge is -2.08. The van der Waals surface area contributed by atoms with E-state index in [1.807, 2.05) is 19.2 Å². The zero-order chi connectivity index (χ0) is 11.7. The SMILES string of the molecule is CC(CN)c1ccc2c([N+](=O)[O-])ncn2c1. The summed E-state index contributed by atoms with van der Waals surface area (Å²) >= 11 is 0. The molecule has 0 aromatic carbocycles. The average Bonchev–Trinajstić information content (AvgIpc) is 2.70. The minimum atomic E-state index is -0.485. The number of aromatic nitrogens is 2. The summed E-state index contributed by atoms with van der Waals surface area (Å²) in [6.45, 7) is 2.55. The standard InChI is InChI=1S/C10H12N4O2/c1-7(4-11)8-2-3-9-10(14(15)16)12-6-13(9)5-8/h2-3,5-7H,4,11H2,1H3. The molecule has 2 N–H and O–H groups in total. The third kappa shape index (κ3) is 1.63. The second-order valence-corrected chi connectivity index (χ2v) is 3.72. The predicted molar refractivity (Wildman–Crippen MR) is 59.3 cm³/mol. The zero-order valence-corrected chi connectivity index (χ0v) is 8.83. The molecule has 0 fully saturated rings. The van der Waals surface area contributed by atoms with Crippen LogP contribution in [0.15, 0.2) is 24.7 Å². The van der Waals surface area contributed by atoms with Gasteiger partial charge in [0.25, 0.3) is 0 Å². The Bertz CT molecular complexity index is 535. The Morgan fingerprint density at radius 3 is 3.00 bits per heavy atom. The molecule has 6 nitrogen and oxygen atoms in total. The molecule has 1 unspecified atom stereocenters. The van der Waals surface area contributed by atoms with Crippen LogP contribution in [0.4, 0.5) is 5.82 Å². The monoisotopic (exact) mass is 220 g/mol. The Morgan fingerprint density at radius 1 is 1.62 bits per heavy atom. The van der Waals surface area contributed by atoms with Crippen molar-refractivity contribution in [3.8, 4) is 0 Å². The van der Waals surface area contributed by atoms with Crippen molar-refractivity contribution in [3.05, 3.63) is 40.3 Å². The summed E-state index contributed by atoms with van der Waals surface area (Å²) in [4.78, 5) is 13.9. The number of nitro groups is 1. The van der Waals surface area contributed by atoms with E-state index in [2.05, 4.69) is 4.98 Å². The van der Waals surface area contributed by atoms with E-state index in [9.17, 15) is 10.1 Å². The van der Waals surface area contributed by atoms with Gasteiger partial charge in [0.1, 0.15) is 5.52 Å². The largest absolute Gasteiger partial charge is 0.389 e. The average molecular weight is 220 g/mol. The van der Waals surface area contributed by atoms with E-state index in [4.69, 9.17) is 5.73 Å². The lowest BCUT2D eigenvalue weighted by molar-refractivity contribution is -0.387. The molecule has 0 amide bonds. The molecule has 0 aliphatic rings. The van der Waals surface area contributed by atoms with Gasteiger partial charge in [-0.2, -0.15) is 0 Å². The van der Waals surface area contributed by atoms with Crippen LogP contribution >= 0.6 is 0 Å². The molecule has 84 valence electrons. The van der Waals surface area contributed by atoms with Crippen molar-refractivity contribution in [1.29, 1.82) is 0 Å². The van der Waals surface area contributed by atoms with Crippen LogP contribution in [0, 0.1) is 10.1 Å². The Morgan fingerprint density at radius 2 is 2.38 bits per heavy atom. The Hall–Kier alpha value is -1.95. The fraction of sp³-hybridized carbons (Fsp3) is 0.300. The number of nitrogens with two attached hydrogens (primary N) is 1. The first-order chi connectivity index (χ1) is 7.63. The summed E-state index contributed by atoms with van der Waals surface area (Å²) < 4.78 is 1.65. The first-order valence-electron chi connectivity index (χ1n) is 4.94. The Labute approximate surface area is 91.9 Å². The van der Waals surface area contributed by atoms with Crippen LogP contribution in [-0.2, 0) is 0 Å². The van der Waals surface area contributed by atoms with Gasteiger partial charge >= 0.3 is 5.82 Å². The molecular formula is C10H12N4O2. The van der Waals surface area contributed by atoms with Crippen LogP contribution in [0.3, 0.4) is 0 Å². The molecule has 2 rings (SSSR count). The number of pyridine rings is 1. The van der Waals surface area contributed by atoms with Crippen LogP contribution in [0.2, 0.25) is 0 Å². The lowest BCUT2D eigenvalue weighted by Crippen LogP contribution is -2.09. The maximum atomic E-state index is 10.7. The van der Waals surface area contributed by atoms with E-state index >= 15 is 0 Å². The van der Waals surface area contributed by atoms with E-state index in [1.165, 1.54) is 6.33 Å². The van der Waals surface area contributed by atoms with Crippen LogP contribution < -0.4 is 5.73 Å². The summed E-state index contributed by atoms with van der Waals surface area (Å²) in [5, 5.41) is 10.7. The van der Waals surface area contributed by atoms with Crippen molar-refractivity contribution >= 4 is 11.3 Å². The van der Waals surface area contributed by atoms with Gasteiger partial charge in [0, 0.05) is 6.20 Å². The van der Waals surface area contributed by atoms with E-state index < -0.39 is 4.92 Å². The van der Waals surface area contributed by atoms with Gasteiger partial charge in [0.2, 0.25) is 6.33 Å². The highest BCUT2D eigenvalue weighted by Crippen LogP contribution is 2.20. The van der Waals surface area contributed by atoms with Gasteiger partial charge in [-0.1, -0.05) is 13.0 Å². The smallest absolute Gasteiger partial charge is 0.358 e. The summed E-state index contributed by atoms with van der Waals surface area (Å²) in [7, 11) is 0. The predicted octanol–water partition coefficient (Wildman–Crippen LogP) is 1.30. The van der Waals surface area contributed by atoms with Gasteiger partial charge in [-0.15, -0.1) is 0 Å². The van der Waals surface area contributed by atoms with Crippen molar-refractivity contribution in [2.75, 3.05) is 6.54 Å². The van der Waals surface area contributed by atoms with E-state index in [0.29, 0.717) is 12.1 Å². The summed E-state index contributed by atoms with van der Waals surface area (Å²) in [5.74, 6) is 0.109. The van der Waals surface area contributed by atoms with Gasteiger partial charge in [0.15, 0.2) is 0 Å². The van der Waals surface area contributed by atoms with E-state index in [0.717, 1.165) is 5.56 Å². The second kappa shape index (κ2) is 3.90. The number of imidazole rings is 1. The maximum absolute atomic E-state index is 10.7. The first-order valence-corrected chi connectivity index (χ1v) is 4.94. The Balaban J connectivity index is 2.53. The Kier molecular flexibility index (Phi) is 2.57. The summed E-state index contributed by atoms with van der Waals surface area (Å²) in [6, 6.07) is 3.55. The topological polar surface area (TPSA) is 86.5 Å². The van der Waals surface area contributed by atoms with Gasteiger partial charge < -0.3 is 15.8 Å². The highest BCUT2D eigenvalue weighted by atomic mass is 16.6. The normalized spacial score (nSPS) is 12.9. The third-order valence-corrected chi connectivity index (χ3v) is 2.63. The molecular weight excluding hydrogens is 208 g/mol. The molecule has 0 saturated carbocycles. The van der Waals surface area contributed by atoms with Crippen LogP contribution in [0.1, 0.15) is 18.4 Å². The zero-order valence-electron chi connectivity index (χ0n) is 8.83. The van der Waals surface area contributed by atoms with Crippen molar-refractivity contribution in [2.24, 2.45) is 5.73 Å². The van der Waals surface area contributed by atoms with Crippen molar-refractivity contribution < 1.29 is 4.92 Å². The molecule has 2 aromatic heterocycles. The van der Waals surface area contributed by atoms with Crippen molar-refractivity contribution in [3.63, 3.8) is 0 Å². The maximum Gasteiger partial charge on any atom is 0.389 e. The van der Waals surface area contributed by atoms with Gasteiger partial charge in [-0.25, -0.2) is 0 Å². The van der Waals surface area contributed by atoms with Crippen LogP contribution in [-0.4, -0.2) is 20.9 Å². The number of hydrogen-bond acceptors (Lipinski definition) is 4. The van der Waals surface area contributed by atoms with Crippen LogP contribution in [0.25, 0.3) is 5.52 Å². The number of nitrogens with zero attached hydrogens (tertiary/aromatic N) is 3. The minimum absolute atomic E-state index is 0.119. The van der Waals surface area contributed by atoms with Gasteiger partial charge in [-0.05, 0) is 34.0 Å². The van der Waals surface area contributed by atoms with Crippen molar-refractivity contribution in [1.82, 2.24) is 9.38 Å². The highest BCUT2D eigenvalue weighted by molar-refractivity contribution is 5.61. The minimum Gasteiger partial charge on any atom is -0.358 e. The first kappa shape index (κ1) is 10.6. The molecule has 0 bridgehead atoms. The molecule has 0 aliphatic heterocycles. The molecule has 16 heavy (non-hydrogen) atoms. The molecule has 2 aromatic rings. The molecule has 6 heteroatoms. The molecule has 0 radical (unpaired) electrons. The molecule has 0 aliphatic carbocycles. The highest BCUT2D eigenvalue weighted by Gasteiger charge is 2.16. The fourth-order valence-electron chi connectivity index (χ4n) is 1.57. The number of hydrogen-bond donors (Lipinski definition) is 1. The number of rotatable bonds is 3. The summed E-state index contributed by atoms with van der Waals surface area (Å²) in [6.07, 6.45) is 3.27. The van der Waals surface area contributed by atoms with Gasteiger partial charge in [-0.3, -0.25) is 4.40 Å². The fourth-order valence-corrected chi connectivity index (χ4v) is 1.57. The molecule has 0 spiro atoms.